The fourth-order valence-electron chi connectivity index (χ4n) is 3.70. The lowest BCUT2D eigenvalue weighted by Gasteiger charge is -2.24. The molecule has 0 bridgehead atoms. The van der Waals surface area contributed by atoms with Crippen molar-refractivity contribution in [3.05, 3.63) is 102 Å². The number of aliphatic hydroxyl groups is 1. The zero-order chi connectivity index (χ0) is 25.3. The third kappa shape index (κ3) is 6.01. The van der Waals surface area contributed by atoms with E-state index in [4.69, 9.17) is 4.84 Å². The van der Waals surface area contributed by atoms with E-state index in [1.54, 1.807) is 31.5 Å². The molecule has 2 heterocycles. The van der Waals surface area contributed by atoms with Gasteiger partial charge in [0.15, 0.2) is 11.9 Å². The molecule has 0 saturated carbocycles. The number of amides is 2. The first-order valence-electron chi connectivity index (χ1n) is 11.6. The molecular formula is C27H27N5O4. The number of hydrogen-bond acceptors (Lipinski definition) is 6. The van der Waals surface area contributed by atoms with Gasteiger partial charge in [-0.25, -0.2) is 15.1 Å². The molecule has 0 saturated heterocycles. The van der Waals surface area contributed by atoms with Gasteiger partial charge in [0.2, 0.25) is 0 Å². The van der Waals surface area contributed by atoms with Crippen molar-refractivity contribution in [1.29, 1.82) is 0 Å². The van der Waals surface area contributed by atoms with Gasteiger partial charge in [-0.2, -0.15) is 5.10 Å². The maximum atomic E-state index is 13.4. The van der Waals surface area contributed by atoms with E-state index in [0.29, 0.717) is 5.82 Å². The smallest absolute Gasteiger partial charge is 0.274 e. The Balaban J connectivity index is 1.59. The molecule has 0 aliphatic rings. The zero-order valence-corrected chi connectivity index (χ0v) is 19.7. The minimum Gasteiger partial charge on any atom is -0.381 e. The predicted molar refractivity (Wildman–Crippen MR) is 134 cm³/mol. The van der Waals surface area contributed by atoms with Crippen molar-refractivity contribution in [2.75, 3.05) is 6.61 Å². The number of aliphatic hydroxyl groups excluding tert-OH is 1. The number of nitrogens with zero attached hydrogens (tertiary/aromatic N) is 3. The second-order valence-electron chi connectivity index (χ2n) is 8.00. The van der Waals surface area contributed by atoms with Crippen LogP contribution < -0.4 is 10.8 Å². The van der Waals surface area contributed by atoms with Crippen molar-refractivity contribution in [1.82, 2.24) is 25.6 Å². The van der Waals surface area contributed by atoms with Crippen molar-refractivity contribution in [3.63, 3.8) is 0 Å². The summed E-state index contributed by atoms with van der Waals surface area (Å²) in [7, 11) is 0. The van der Waals surface area contributed by atoms with Crippen LogP contribution in [0.3, 0.4) is 0 Å². The molecule has 36 heavy (non-hydrogen) atoms. The van der Waals surface area contributed by atoms with Gasteiger partial charge < -0.3 is 10.4 Å². The molecule has 184 valence electrons. The first-order chi connectivity index (χ1) is 17.6. The summed E-state index contributed by atoms with van der Waals surface area (Å²) in [6.45, 7) is 1.94. The summed E-state index contributed by atoms with van der Waals surface area (Å²) in [5.74, 6) is -0.924. The van der Waals surface area contributed by atoms with Gasteiger partial charge in [-0.05, 0) is 37.1 Å². The van der Waals surface area contributed by atoms with E-state index in [9.17, 15) is 14.7 Å². The average molecular weight is 486 g/mol. The predicted octanol–water partition coefficient (Wildman–Crippen LogP) is 2.70. The number of hydroxylamine groups is 1. The molecule has 9 nitrogen and oxygen atoms in total. The summed E-state index contributed by atoms with van der Waals surface area (Å²) in [5.41, 5.74) is 4.96. The number of carbonyl (C=O) groups excluding carboxylic acids is 2. The molecule has 2 atom stereocenters. The summed E-state index contributed by atoms with van der Waals surface area (Å²) in [6, 6.07) is 23.1. The fraction of sp³-hybridized carbons (Fsp3) is 0.185. The Kier molecular flexibility index (Phi) is 8.17. The summed E-state index contributed by atoms with van der Waals surface area (Å²) in [5, 5.41) is 18.1. The van der Waals surface area contributed by atoms with Crippen molar-refractivity contribution >= 4 is 11.8 Å². The zero-order valence-electron chi connectivity index (χ0n) is 19.7. The van der Waals surface area contributed by atoms with Gasteiger partial charge in [0, 0.05) is 18.0 Å². The third-order valence-electron chi connectivity index (χ3n) is 5.49. The molecule has 2 amide bonds. The number of rotatable bonds is 10. The summed E-state index contributed by atoms with van der Waals surface area (Å²) in [6.07, 6.45) is 1.98. The number of aromatic nitrogens is 3. The summed E-state index contributed by atoms with van der Waals surface area (Å²) in [4.78, 5) is 35.1. The highest BCUT2D eigenvalue weighted by atomic mass is 16.7. The molecule has 3 N–H and O–H groups in total. The topological polar surface area (TPSA) is 118 Å². The molecule has 2 aromatic heterocycles. The van der Waals surface area contributed by atoms with Gasteiger partial charge >= 0.3 is 0 Å². The number of nitrogens with one attached hydrogen (secondary N) is 2. The second-order valence-corrected chi connectivity index (χ2v) is 8.00. The molecule has 9 heteroatoms. The van der Waals surface area contributed by atoms with E-state index in [2.05, 4.69) is 20.9 Å². The lowest BCUT2D eigenvalue weighted by molar-refractivity contribution is -0.143. The minimum atomic E-state index is -1.55. The van der Waals surface area contributed by atoms with Crippen LogP contribution >= 0.6 is 0 Å². The second kappa shape index (κ2) is 11.9. The van der Waals surface area contributed by atoms with Crippen LogP contribution in [0.2, 0.25) is 0 Å². The number of carbonyl (C=O) groups is 2. The Morgan fingerprint density at radius 1 is 1.00 bits per heavy atom. The monoisotopic (exact) mass is 485 g/mol. The van der Waals surface area contributed by atoms with Gasteiger partial charge in [-0.3, -0.25) is 14.4 Å². The van der Waals surface area contributed by atoms with Crippen LogP contribution in [0.25, 0.3) is 17.1 Å². The summed E-state index contributed by atoms with van der Waals surface area (Å²) >= 11 is 0. The van der Waals surface area contributed by atoms with E-state index in [1.807, 2.05) is 66.7 Å². The van der Waals surface area contributed by atoms with Crippen LogP contribution in [0, 0.1) is 0 Å². The largest absolute Gasteiger partial charge is 0.381 e. The van der Waals surface area contributed by atoms with Gasteiger partial charge in [0.05, 0.1) is 23.9 Å². The first kappa shape index (κ1) is 24.8. The van der Waals surface area contributed by atoms with Crippen LogP contribution in [0.15, 0.2) is 91.3 Å². The van der Waals surface area contributed by atoms with Gasteiger partial charge in [0.1, 0.15) is 0 Å². The maximum absolute atomic E-state index is 13.4. The van der Waals surface area contributed by atoms with Gasteiger partial charge in [-0.15, -0.1) is 0 Å². The van der Waals surface area contributed by atoms with Crippen molar-refractivity contribution < 1.29 is 19.5 Å². The number of hydrogen-bond donors (Lipinski definition) is 3. The van der Waals surface area contributed by atoms with Crippen molar-refractivity contribution in [2.45, 2.75) is 25.5 Å². The Morgan fingerprint density at radius 2 is 1.72 bits per heavy atom. The van der Waals surface area contributed by atoms with E-state index < -0.39 is 24.0 Å². The Bertz CT molecular complexity index is 1290. The molecule has 0 spiro atoms. The molecule has 0 fully saturated rings. The SMILES string of the molecule is CCONC(=O)C(O)C(Cc1ccccc1)NC(=O)c1cccnc1-n1ccc(-c2ccccc2)n1. The Hall–Kier alpha value is -4.34. The normalized spacial score (nSPS) is 12.5. The highest BCUT2D eigenvalue weighted by Crippen LogP contribution is 2.19. The Morgan fingerprint density at radius 3 is 2.44 bits per heavy atom. The number of pyridine rings is 1. The van der Waals surface area contributed by atoms with Crippen molar-refractivity contribution in [3.8, 4) is 17.1 Å². The van der Waals surface area contributed by atoms with E-state index in [-0.39, 0.29) is 18.6 Å². The van der Waals surface area contributed by atoms with Crippen LogP contribution in [-0.4, -0.2) is 50.4 Å². The molecule has 2 unspecified atom stereocenters. The first-order valence-corrected chi connectivity index (χ1v) is 11.6. The maximum Gasteiger partial charge on any atom is 0.274 e. The molecule has 0 aliphatic carbocycles. The van der Waals surface area contributed by atoms with Crippen LogP contribution in [-0.2, 0) is 16.1 Å². The van der Waals surface area contributed by atoms with Gasteiger partial charge in [-0.1, -0.05) is 60.7 Å². The lowest BCUT2D eigenvalue weighted by atomic mass is 10.00. The van der Waals surface area contributed by atoms with Crippen LogP contribution in [0.1, 0.15) is 22.8 Å². The minimum absolute atomic E-state index is 0.225. The van der Waals surface area contributed by atoms with Crippen LogP contribution in [0.4, 0.5) is 0 Å². The molecule has 4 rings (SSSR count). The molecule has 4 aromatic rings. The van der Waals surface area contributed by atoms with Crippen molar-refractivity contribution in [2.24, 2.45) is 0 Å². The molecule has 0 aliphatic heterocycles. The lowest BCUT2D eigenvalue weighted by Crippen LogP contribution is -2.51. The van der Waals surface area contributed by atoms with E-state index in [1.165, 1.54) is 4.68 Å². The Labute approximate surface area is 208 Å². The molecule has 0 radical (unpaired) electrons. The van der Waals surface area contributed by atoms with E-state index >= 15 is 0 Å². The molecular weight excluding hydrogens is 458 g/mol. The van der Waals surface area contributed by atoms with Crippen LogP contribution in [0.5, 0.6) is 0 Å². The average Bonchev–Trinajstić information content (AvgIpc) is 3.42. The third-order valence-corrected chi connectivity index (χ3v) is 5.49. The highest BCUT2D eigenvalue weighted by Gasteiger charge is 2.29. The van der Waals surface area contributed by atoms with E-state index in [0.717, 1.165) is 16.8 Å². The highest BCUT2D eigenvalue weighted by molar-refractivity contribution is 5.97. The standard InChI is InChI=1S/C27H27N5O4/c1-2-36-31-27(35)24(33)23(18-19-10-5-3-6-11-19)29-26(34)21-14-9-16-28-25(21)32-17-15-22(30-32)20-12-7-4-8-13-20/h3-17,23-24,33H,2,18H2,1H3,(H,29,34)(H,31,35). The fourth-order valence-corrected chi connectivity index (χ4v) is 3.70. The van der Waals surface area contributed by atoms with Gasteiger partial charge in [0.25, 0.3) is 11.8 Å². The molecule has 2 aromatic carbocycles. The quantitative estimate of drug-likeness (QED) is 0.297. The summed E-state index contributed by atoms with van der Waals surface area (Å²) < 4.78 is 1.53. The number of benzene rings is 2.